The first kappa shape index (κ1) is 26.0. The van der Waals surface area contributed by atoms with Crippen molar-refractivity contribution in [1.82, 2.24) is 4.90 Å². The number of Topliss-reactive ketones (excluding diaryl/α,β-unsaturated/α-hetero) is 2. The molecule has 0 unspecified atom stereocenters. The number of amides is 1. The standard InChI is InChI=1S/C30H31ClN2O5/c1-3-33-21-10-6-12-23(34)29(21)28(30-22(33)11-7-13-24(30)35)18-14-15-25(26(16-18)37-2)38-17-27(36)32-20-9-5-4-8-19(20)31/h4-5,8-9,14-16,28H,3,6-7,10-13,17H2,1-2H3,(H,32,36). The van der Waals surface area contributed by atoms with Crippen molar-refractivity contribution in [2.75, 3.05) is 25.6 Å². The second-order valence-electron chi connectivity index (χ2n) is 9.68. The summed E-state index contributed by atoms with van der Waals surface area (Å²) in [5.41, 5.74) is 4.90. The minimum atomic E-state index is -0.421. The molecular formula is C30H31ClN2O5. The summed E-state index contributed by atoms with van der Waals surface area (Å²) in [6.07, 6.45) is 4.28. The van der Waals surface area contributed by atoms with Crippen molar-refractivity contribution in [3.05, 3.63) is 75.6 Å². The quantitative estimate of drug-likeness (QED) is 0.483. The average Bonchev–Trinajstić information content (AvgIpc) is 2.92. The Morgan fingerprint density at radius 1 is 0.974 bits per heavy atom. The Morgan fingerprint density at radius 2 is 1.63 bits per heavy atom. The SMILES string of the molecule is CCN1C2=C(C(=O)CCC2)C(c2ccc(OCC(=O)Nc3ccccc3Cl)c(OC)c2)C2=C1CCCC2=O. The maximum absolute atomic E-state index is 13.3. The van der Waals surface area contributed by atoms with Crippen LogP contribution >= 0.6 is 11.6 Å². The van der Waals surface area contributed by atoms with Crippen molar-refractivity contribution in [2.45, 2.75) is 51.4 Å². The highest BCUT2D eigenvalue weighted by Crippen LogP contribution is 2.49. The molecule has 3 aliphatic rings. The van der Waals surface area contributed by atoms with Gasteiger partial charge in [-0.1, -0.05) is 29.8 Å². The molecule has 0 spiro atoms. The van der Waals surface area contributed by atoms with E-state index >= 15 is 0 Å². The molecule has 2 aliphatic carbocycles. The lowest BCUT2D eigenvalue weighted by Crippen LogP contribution is -2.39. The molecule has 0 saturated carbocycles. The number of benzene rings is 2. The Hall–Kier alpha value is -3.58. The highest BCUT2D eigenvalue weighted by atomic mass is 35.5. The van der Waals surface area contributed by atoms with Gasteiger partial charge in [-0.25, -0.2) is 0 Å². The molecule has 0 aromatic heterocycles. The molecule has 0 bridgehead atoms. The Labute approximate surface area is 227 Å². The van der Waals surface area contributed by atoms with E-state index in [1.54, 1.807) is 30.3 Å². The van der Waals surface area contributed by atoms with Crippen molar-refractivity contribution in [3.8, 4) is 11.5 Å². The van der Waals surface area contributed by atoms with Crippen LogP contribution in [0.15, 0.2) is 65.0 Å². The molecule has 5 rings (SSSR count). The van der Waals surface area contributed by atoms with Crippen LogP contribution in [0, 0.1) is 0 Å². The smallest absolute Gasteiger partial charge is 0.262 e. The number of hydrogen-bond acceptors (Lipinski definition) is 6. The largest absolute Gasteiger partial charge is 0.493 e. The first-order valence-electron chi connectivity index (χ1n) is 13.1. The number of carbonyl (C=O) groups excluding carboxylic acids is 3. The van der Waals surface area contributed by atoms with E-state index < -0.39 is 5.92 Å². The number of nitrogens with one attached hydrogen (secondary N) is 1. The van der Waals surface area contributed by atoms with E-state index in [1.807, 2.05) is 12.1 Å². The predicted octanol–water partition coefficient (Wildman–Crippen LogP) is 5.80. The van der Waals surface area contributed by atoms with Gasteiger partial charge in [0.15, 0.2) is 29.7 Å². The number of methoxy groups -OCH3 is 1. The van der Waals surface area contributed by atoms with Gasteiger partial charge in [0.05, 0.1) is 17.8 Å². The van der Waals surface area contributed by atoms with E-state index in [1.165, 1.54) is 7.11 Å². The lowest BCUT2D eigenvalue weighted by atomic mass is 9.71. The summed E-state index contributed by atoms with van der Waals surface area (Å²) in [6.45, 7) is 2.57. The lowest BCUT2D eigenvalue weighted by Gasteiger charge is -2.43. The van der Waals surface area contributed by atoms with Gasteiger partial charge in [-0.3, -0.25) is 14.4 Å². The fourth-order valence-electron chi connectivity index (χ4n) is 5.81. The zero-order valence-electron chi connectivity index (χ0n) is 21.6. The average molecular weight is 535 g/mol. The van der Waals surface area contributed by atoms with Crippen molar-refractivity contribution in [2.24, 2.45) is 0 Å². The summed E-state index contributed by atoms with van der Waals surface area (Å²) in [5.74, 6) is 0.258. The summed E-state index contributed by atoms with van der Waals surface area (Å²) < 4.78 is 11.4. The van der Waals surface area contributed by atoms with Crippen LogP contribution in [0.4, 0.5) is 5.69 Å². The maximum atomic E-state index is 13.3. The van der Waals surface area contributed by atoms with Crippen LogP contribution in [0.3, 0.4) is 0 Å². The Balaban J connectivity index is 1.45. The molecule has 198 valence electrons. The van der Waals surface area contributed by atoms with Crippen LogP contribution in [-0.2, 0) is 14.4 Å². The van der Waals surface area contributed by atoms with E-state index in [0.717, 1.165) is 60.3 Å². The van der Waals surface area contributed by atoms with Gasteiger partial charge in [-0.05, 0) is 62.4 Å². The third-order valence-electron chi connectivity index (χ3n) is 7.43. The van der Waals surface area contributed by atoms with Gasteiger partial charge in [-0.2, -0.15) is 0 Å². The number of allylic oxidation sites excluding steroid dienone is 4. The van der Waals surface area contributed by atoms with E-state index in [2.05, 4.69) is 17.1 Å². The summed E-state index contributed by atoms with van der Waals surface area (Å²) >= 11 is 6.13. The maximum Gasteiger partial charge on any atom is 0.262 e. The number of rotatable bonds is 7. The Bertz CT molecular complexity index is 1320. The van der Waals surface area contributed by atoms with Crippen molar-refractivity contribution in [3.63, 3.8) is 0 Å². The van der Waals surface area contributed by atoms with Crippen LogP contribution in [0.1, 0.15) is 56.9 Å². The third-order valence-corrected chi connectivity index (χ3v) is 7.76. The molecule has 1 heterocycles. The number of carbonyl (C=O) groups is 3. The summed E-state index contributed by atoms with van der Waals surface area (Å²) in [4.78, 5) is 41.3. The number of anilines is 1. The van der Waals surface area contributed by atoms with E-state index in [0.29, 0.717) is 35.1 Å². The van der Waals surface area contributed by atoms with Gasteiger partial charge in [0.1, 0.15) is 0 Å². The number of nitrogens with zero attached hydrogens (tertiary/aromatic N) is 1. The molecule has 0 atom stereocenters. The van der Waals surface area contributed by atoms with Crippen molar-refractivity contribution >= 4 is 34.8 Å². The number of halogens is 1. The van der Waals surface area contributed by atoms with Gasteiger partial charge in [0, 0.05) is 47.8 Å². The monoisotopic (exact) mass is 534 g/mol. The van der Waals surface area contributed by atoms with Crippen LogP contribution in [0.25, 0.3) is 0 Å². The highest BCUT2D eigenvalue weighted by Gasteiger charge is 2.43. The Kier molecular flexibility index (Phi) is 7.56. The summed E-state index contributed by atoms with van der Waals surface area (Å²) in [6, 6.07) is 12.4. The number of ether oxygens (including phenoxy) is 2. The van der Waals surface area contributed by atoms with Crippen LogP contribution in [0.2, 0.25) is 5.02 Å². The van der Waals surface area contributed by atoms with Gasteiger partial charge in [0.25, 0.3) is 5.91 Å². The minimum absolute atomic E-state index is 0.107. The highest BCUT2D eigenvalue weighted by molar-refractivity contribution is 6.33. The van der Waals surface area contributed by atoms with E-state index in [9.17, 15) is 14.4 Å². The lowest BCUT2D eigenvalue weighted by molar-refractivity contribution is -0.118. The molecule has 1 amide bonds. The fraction of sp³-hybridized carbons (Fsp3) is 0.367. The number of hydrogen-bond donors (Lipinski definition) is 1. The summed E-state index contributed by atoms with van der Waals surface area (Å²) in [5, 5.41) is 3.17. The summed E-state index contributed by atoms with van der Waals surface area (Å²) in [7, 11) is 1.53. The Morgan fingerprint density at radius 3 is 2.24 bits per heavy atom. The minimum Gasteiger partial charge on any atom is -0.493 e. The van der Waals surface area contributed by atoms with Gasteiger partial charge >= 0.3 is 0 Å². The second-order valence-corrected chi connectivity index (χ2v) is 10.1. The van der Waals surface area contributed by atoms with Crippen LogP contribution < -0.4 is 14.8 Å². The third kappa shape index (κ3) is 4.83. The second kappa shape index (κ2) is 11.0. The van der Waals surface area contributed by atoms with Crippen molar-refractivity contribution < 1.29 is 23.9 Å². The first-order chi connectivity index (χ1) is 18.4. The molecule has 2 aromatic rings. The van der Waals surface area contributed by atoms with Gasteiger partial charge in [-0.15, -0.1) is 0 Å². The molecule has 38 heavy (non-hydrogen) atoms. The molecule has 1 aliphatic heterocycles. The zero-order chi connectivity index (χ0) is 26.8. The molecule has 0 saturated heterocycles. The van der Waals surface area contributed by atoms with E-state index in [-0.39, 0.29) is 24.1 Å². The molecular weight excluding hydrogens is 504 g/mol. The molecule has 7 nitrogen and oxygen atoms in total. The molecule has 1 N–H and O–H groups in total. The van der Waals surface area contributed by atoms with Crippen LogP contribution in [0.5, 0.6) is 11.5 Å². The molecule has 2 aromatic carbocycles. The predicted molar refractivity (Wildman–Crippen MR) is 145 cm³/mol. The first-order valence-corrected chi connectivity index (χ1v) is 13.5. The van der Waals surface area contributed by atoms with Crippen LogP contribution in [-0.4, -0.2) is 42.6 Å². The van der Waals surface area contributed by atoms with Crippen molar-refractivity contribution in [1.29, 1.82) is 0 Å². The molecule has 0 fully saturated rings. The molecule has 0 radical (unpaired) electrons. The normalized spacial score (nSPS) is 17.8. The number of para-hydroxylation sites is 1. The van der Waals surface area contributed by atoms with Gasteiger partial charge < -0.3 is 19.7 Å². The topological polar surface area (TPSA) is 84.9 Å². The zero-order valence-corrected chi connectivity index (χ0v) is 22.4. The number of ketones is 2. The molecule has 8 heteroatoms. The van der Waals surface area contributed by atoms with Gasteiger partial charge in [0.2, 0.25) is 0 Å². The fourth-order valence-corrected chi connectivity index (χ4v) is 5.99. The van der Waals surface area contributed by atoms with E-state index in [4.69, 9.17) is 21.1 Å².